The second kappa shape index (κ2) is 3.25. The summed E-state index contributed by atoms with van der Waals surface area (Å²) in [6, 6.07) is 2.36. The van der Waals surface area contributed by atoms with E-state index in [1.807, 2.05) is 11.8 Å². The Morgan fingerprint density at radius 1 is 1.42 bits per heavy atom. The maximum absolute atomic E-state index is 8.74. The average Bonchev–Trinajstić information content (AvgIpc) is 2.50. The Hall–Kier alpha value is -0.240. The summed E-state index contributed by atoms with van der Waals surface area (Å²) in [7, 11) is 0. The topological polar surface area (TPSA) is 47.9 Å². The molecule has 66 valence electrons. The van der Waals surface area contributed by atoms with E-state index in [0.29, 0.717) is 0 Å². The number of piperidine rings is 1. The minimum atomic E-state index is 0.0769. The zero-order chi connectivity index (χ0) is 8.44. The molecule has 0 amide bonds. The number of nitriles is 1. The molecule has 0 bridgehead atoms. The third-order valence-electron chi connectivity index (χ3n) is 2.53. The molecular formula is C8H13N3S. The lowest BCUT2D eigenvalue weighted by Gasteiger charge is -2.33. The van der Waals surface area contributed by atoms with Gasteiger partial charge >= 0.3 is 0 Å². The Morgan fingerprint density at radius 3 is 2.75 bits per heavy atom. The van der Waals surface area contributed by atoms with Crippen LogP contribution < -0.4 is 10.6 Å². The monoisotopic (exact) mass is 183 g/mol. The number of nitrogens with one attached hydrogen (secondary N) is 2. The molecule has 2 N–H and O–H groups in total. The molecule has 2 aliphatic rings. The Morgan fingerprint density at radius 2 is 2.17 bits per heavy atom. The number of thioether (sulfide) groups is 1. The second-order valence-corrected chi connectivity index (χ2v) is 4.78. The predicted octanol–water partition coefficient (Wildman–Crippen LogP) is 0.295. The van der Waals surface area contributed by atoms with E-state index in [4.69, 9.17) is 5.26 Å². The van der Waals surface area contributed by atoms with Crippen LogP contribution in [0.4, 0.5) is 0 Å². The molecule has 1 atom stereocenters. The van der Waals surface area contributed by atoms with Gasteiger partial charge in [0.2, 0.25) is 0 Å². The summed E-state index contributed by atoms with van der Waals surface area (Å²) in [5.41, 5.74) is 0. The van der Waals surface area contributed by atoms with Gasteiger partial charge in [0.05, 0.1) is 10.9 Å². The van der Waals surface area contributed by atoms with Gasteiger partial charge in [-0.1, -0.05) is 0 Å². The van der Waals surface area contributed by atoms with Crippen molar-refractivity contribution in [1.29, 1.82) is 5.26 Å². The molecule has 0 unspecified atom stereocenters. The van der Waals surface area contributed by atoms with Crippen molar-refractivity contribution >= 4 is 11.8 Å². The summed E-state index contributed by atoms with van der Waals surface area (Å²) in [6.45, 7) is 2.16. The predicted molar refractivity (Wildman–Crippen MR) is 49.8 cm³/mol. The van der Waals surface area contributed by atoms with Gasteiger partial charge in [0.1, 0.15) is 6.04 Å². The normalized spacial score (nSPS) is 33.4. The molecule has 2 fully saturated rings. The van der Waals surface area contributed by atoms with Gasteiger partial charge in [0.25, 0.3) is 0 Å². The van der Waals surface area contributed by atoms with Crippen molar-refractivity contribution in [2.45, 2.75) is 23.8 Å². The van der Waals surface area contributed by atoms with Gasteiger partial charge in [0.15, 0.2) is 0 Å². The molecule has 3 nitrogen and oxygen atoms in total. The summed E-state index contributed by atoms with van der Waals surface area (Å²) < 4.78 is 0. The van der Waals surface area contributed by atoms with Crippen LogP contribution in [-0.2, 0) is 0 Å². The summed E-state index contributed by atoms with van der Waals surface area (Å²) in [6.07, 6.45) is 2.30. The zero-order valence-corrected chi connectivity index (χ0v) is 7.78. The molecule has 0 aromatic carbocycles. The third-order valence-corrected chi connectivity index (χ3v) is 4.11. The van der Waals surface area contributed by atoms with Crippen molar-refractivity contribution in [3.8, 4) is 6.07 Å². The minimum Gasteiger partial charge on any atom is -0.317 e. The van der Waals surface area contributed by atoms with Gasteiger partial charge in [-0.25, -0.2) is 0 Å². The van der Waals surface area contributed by atoms with E-state index in [0.717, 1.165) is 31.7 Å². The van der Waals surface area contributed by atoms with Crippen LogP contribution in [0.1, 0.15) is 12.8 Å². The lowest BCUT2D eigenvalue weighted by atomic mass is 10.1. The lowest BCUT2D eigenvalue weighted by Crippen LogP contribution is -2.48. The highest BCUT2D eigenvalue weighted by Crippen LogP contribution is 2.37. The maximum atomic E-state index is 8.74. The Balaban J connectivity index is 1.99. The van der Waals surface area contributed by atoms with Crippen molar-refractivity contribution in [1.82, 2.24) is 10.6 Å². The van der Waals surface area contributed by atoms with E-state index >= 15 is 0 Å². The first-order chi connectivity index (χ1) is 5.85. The van der Waals surface area contributed by atoms with Crippen molar-refractivity contribution in [3.05, 3.63) is 0 Å². The molecule has 1 spiro atoms. The molecule has 12 heavy (non-hydrogen) atoms. The summed E-state index contributed by atoms with van der Waals surface area (Å²) >= 11 is 1.92. The van der Waals surface area contributed by atoms with E-state index in [1.54, 1.807) is 0 Å². The number of nitrogens with zero attached hydrogens (tertiary/aromatic N) is 1. The van der Waals surface area contributed by atoms with Crippen molar-refractivity contribution in [2.75, 3.05) is 18.8 Å². The molecule has 0 aromatic rings. The molecular weight excluding hydrogens is 170 g/mol. The van der Waals surface area contributed by atoms with Crippen molar-refractivity contribution in [2.24, 2.45) is 0 Å². The van der Waals surface area contributed by atoms with Gasteiger partial charge in [-0.05, 0) is 25.9 Å². The number of rotatable bonds is 0. The van der Waals surface area contributed by atoms with E-state index < -0.39 is 0 Å². The Bertz CT molecular complexity index is 205. The average molecular weight is 183 g/mol. The van der Waals surface area contributed by atoms with Crippen LogP contribution in [0.5, 0.6) is 0 Å². The molecule has 4 heteroatoms. The maximum Gasteiger partial charge on any atom is 0.106 e. The van der Waals surface area contributed by atoms with Crippen LogP contribution >= 0.6 is 11.8 Å². The van der Waals surface area contributed by atoms with Gasteiger partial charge in [-0.3, -0.25) is 5.32 Å². The van der Waals surface area contributed by atoms with Crippen LogP contribution in [0, 0.1) is 11.3 Å². The first kappa shape index (κ1) is 8.36. The largest absolute Gasteiger partial charge is 0.317 e. The highest BCUT2D eigenvalue weighted by molar-refractivity contribution is 8.00. The molecule has 0 aromatic heterocycles. The minimum absolute atomic E-state index is 0.0769. The SMILES string of the molecule is N#C[C@@H]1CSC2(CCNCC2)N1. The van der Waals surface area contributed by atoms with Gasteiger partial charge in [-0.15, -0.1) is 11.8 Å². The molecule has 2 rings (SSSR count). The Labute approximate surface area is 76.9 Å². The molecule has 0 radical (unpaired) electrons. The van der Waals surface area contributed by atoms with Crippen LogP contribution in [0.15, 0.2) is 0 Å². The fraction of sp³-hybridized carbons (Fsp3) is 0.875. The van der Waals surface area contributed by atoms with Gasteiger partial charge < -0.3 is 5.32 Å². The summed E-state index contributed by atoms with van der Waals surface area (Å²) in [5.74, 6) is 0.955. The van der Waals surface area contributed by atoms with E-state index in [-0.39, 0.29) is 10.9 Å². The molecule has 2 aliphatic heterocycles. The van der Waals surface area contributed by atoms with Crippen LogP contribution in [0.25, 0.3) is 0 Å². The molecule has 0 saturated carbocycles. The highest BCUT2D eigenvalue weighted by Gasteiger charge is 2.39. The van der Waals surface area contributed by atoms with Gasteiger partial charge in [0, 0.05) is 5.75 Å². The highest BCUT2D eigenvalue weighted by atomic mass is 32.2. The smallest absolute Gasteiger partial charge is 0.106 e. The van der Waals surface area contributed by atoms with Crippen LogP contribution in [0.3, 0.4) is 0 Å². The van der Waals surface area contributed by atoms with E-state index in [1.165, 1.54) is 0 Å². The lowest BCUT2D eigenvalue weighted by molar-refractivity contribution is 0.358. The fourth-order valence-electron chi connectivity index (χ4n) is 1.83. The van der Waals surface area contributed by atoms with E-state index in [9.17, 15) is 0 Å². The fourth-order valence-corrected chi connectivity index (χ4v) is 3.19. The summed E-state index contributed by atoms with van der Waals surface area (Å²) in [5, 5.41) is 15.5. The van der Waals surface area contributed by atoms with Crippen molar-refractivity contribution in [3.63, 3.8) is 0 Å². The zero-order valence-electron chi connectivity index (χ0n) is 6.97. The number of hydrogen-bond donors (Lipinski definition) is 2. The first-order valence-electron chi connectivity index (χ1n) is 4.37. The Kier molecular flexibility index (Phi) is 2.26. The number of hydrogen-bond acceptors (Lipinski definition) is 4. The second-order valence-electron chi connectivity index (χ2n) is 3.38. The van der Waals surface area contributed by atoms with Crippen molar-refractivity contribution < 1.29 is 0 Å². The molecule has 2 saturated heterocycles. The first-order valence-corrected chi connectivity index (χ1v) is 5.35. The third kappa shape index (κ3) is 1.45. The van der Waals surface area contributed by atoms with Gasteiger partial charge in [-0.2, -0.15) is 5.26 Å². The quantitative estimate of drug-likeness (QED) is 0.567. The van der Waals surface area contributed by atoms with Crippen LogP contribution in [0.2, 0.25) is 0 Å². The standard InChI is InChI=1S/C8H13N3S/c9-5-7-6-12-8(11-7)1-3-10-4-2-8/h7,10-11H,1-4,6H2/t7-/m1/s1. The van der Waals surface area contributed by atoms with Crippen LogP contribution in [-0.4, -0.2) is 29.8 Å². The van der Waals surface area contributed by atoms with E-state index in [2.05, 4.69) is 16.7 Å². The summed E-state index contributed by atoms with van der Waals surface area (Å²) in [4.78, 5) is 0.228. The molecule has 2 heterocycles. The molecule has 0 aliphatic carbocycles.